The molecule has 0 saturated carbocycles. The molecule has 1 fully saturated rings. The van der Waals surface area contributed by atoms with Crippen molar-refractivity contribution in [2.45, 2.75) is 59.7 Å². The summed E-state index contributed by atoms with van der Waals surface area (Å²) in [5, 5.41) is 0. The molecule has 0 spiro atoms. The molecule has 0 unspecified atom stereocenters. The predicted molar refractivity (Wildman–Crippen MR) is 148 cm³/mol. The molecule has 0 aliphatic carbocycles. The van der Waals surface area contributed by atoms with Crippen LogP contribution in [0.1, 0.15) is 48.8 Å². The fourth-order valence-corrected chi connectivity index (χ4v) is 5.29. The van der Waals surface area contributed by atoms with Crippen LogP contribution in [0, 0.1) is 19.8 Å². The standard InChI is InChI=1S/C31H38N4O2/c1-4-36-22-28-33-29-30(23(2)24(3)32-31(29)37-27-13-9-6-10-14-27)35(28)20-17-25-15-18-34(19-16-25)21-26-11-7-5-8-12-26/h5-14,25H,4,15-22H2,1-3H3. The summed E-state index contributed by atoms with van der Waals surface area (Å²) >= 11 is 0. The van der Waals surface area contributed by atoms with Gasteiger partial charge in [0.05, 0.1) is 5.52 Å². The molecule has 194 valence electrons. The van der Waals surface area contributed by atoms with E-state index in [1.165, 1.54) is 18.4 Å². The van der Waals surface area contributed by atoms with Crippen LogP contribution in [0.15, 0.2) is 60.7 Å². The maximum Gasteiger partial charge on any atom is 0.247 e. The van der Waals surface area contributed by atoms with Gasteiger partial charge in [-0.1, -0.05) is 48.5 Å². The van der Waals surface area contributed by atoms with Gasteiger partial charge in [0.1, 0.15) is 18.2 Å². The molecule has 4 aromatic rings. The summed E-state index contributed by atoms with van der Waals surface area (Å²) in [6, 6.07) is 20.6. The van der Waals surface area contributed by atoms with Gasteiger partial charge in [-0.2, -0.15) is 0 Å². The molecule has 2 aromatic heterocycles. The average molecular weight is 499 g/mol. The number of para-hydroxylation sites is 1. The van der Waals surface area contributed by atoms with Crippen LogP contribution in [0.25, 0.3) is 11.0 Å². The molecule has 0 N–H and O–H groups in total. The van der Waals surface area contributed by atoms with Crippen LogP contribution in [-0.2, 0) is 24.4 Å². The van der Waals surface area contributed by atoms with E-state index in [0.29, 0.717) is 25.0 Å². The third-order valence-corrected chi connectivity index (χ3v) is 7.53. The second-order valence-electron chi connectivity index (χ2n) is 10.1. The fourth-order valence-electron chi connectivity index (χ4n) is 5.29. The number of pyridine rings is 1. The Bertz CT molecular complexity index is 1300. The Morgan fingerprint density at radius 3 is 2.32 bits per heavy atom. The number of aryl methyl sites for hydroxylation is 3. The first-order valence-electron chi connectivity index (χ1n) is 13.6. The first kappa shape index (κ1) is 25.4. The van der Waals surface area contributed by atoms with E-state index in [0.717, 1.165) is 66.5 Å². The number of piperidine rings is 1. The number of nitrogens with zero attached hydrogens (tertiary/aromatic N) is 4. The number of fused-ring (bicyclic) bond motifs is 1. The van der Waals surface area contributed by atoms with E-state index in [2.05, 4.69) is 53.6 Å². The number of hydrogen-bond acceptors (Lipinski definition) is 5. The van der Waals surface area contributed by atoms with Gasteiger partial charge in [0.2, 0.25) is 5.88 Å². The molecular formula is C31H38N4O2. The molecular weight excluding hydrogens is 460 g/mol. The zero-order chi connectivity index (χ0) is 25.6. The van der Waals surface area contributed by atoms with Gasteiger partial charge in [-0.15, -0.1) is 0 Å². The van der Waals surface area contributed by atoms with Crippen LogP contribution in [0.2, 0.25) is 0 Å². The molecule has 3 heterocycles. The molecule has 1 saturated heterocycles. The maximum atomic E-state index is 6.22. The Labute approximate surface area is 220 Å². The summed E-state index contributed by atoms with van der Waals surface area (Å²) in [6.07, 6.45) is 3.61. The zero-order valence-corrected chi connectivity index (χ0v) is 22.3. The van der Waals surface area contributed by atoms with Gasteiger partial charge in [-0.3, -0.25) is 4.90 Å². The predicted octanol–water partition coefficient (Wildman–Crippen LogP) is 6.68. The van der Waals surface area contributed by atoms with Gasteiger partial charge in [-0.05, 0) is 82.3 Å². The number of imidazole rings is 1. The molecule has 37 heavy (non-hydrogen) atoms. The lowest BCUT2D eigenvalue weighted by Crippen LogP contribution is -2.33. The Kier molecular flexibility index (Phi) is 8.17. The molecule has 5 rings (SSSR count). The lowest BCUT2D eigenvalue weighted by Gasteiger charge is -2.32. The van der Waals surface area contributed by atoms with Gasteiger partial charge in [0.15, 0.2) is 5.52 Å². The second kappa shape index (κ2) is 11.9. The second-order valence-corrected chi connectivity index (χ2v) is 10.1. The number of ether oxygens (including phenoxy) is 2. The van der Waals surface area contributed by atoms with Crippen molar-refractivity contribution in [1.29, 1.82) is 0 Å². The fraction of sp³-hybridized carbons (Fsp3) is 0.419. The van der Waals surface area contributed by atoms with E-state index >= 15 is 0 Å². The Hall–Kier alpha value is -3.22. The summed E-state index contributed by atoms with van der Waals surface area (Å²) in [5.41, 5.74) is 5.47. The highest BCUT2D eigenvalue weighted by Crippen LogP contribution is 2.33. The smallest absolute Gasteiger partial charge is 0.247 e. The summed E-state index contributed by atoms with van der Waals surface area (Å²) in [4.78, 5) is 12.4. The first-order valence-corrected chi connectivity index (χ1v) is 13.6. The van der Waals surface area contributed by atoms with Crippen molar-refractivity contribution in [2.75, 3.05) is 19.7 Å². The average Bonchev–Trinajstić information content (AvgIpc) is 3.30. The first-order chi connectivity index (χ1) is 18.1. The number of likely N-dealkylation sites (tertiary alicyclic amines) is 1. The van der Waals surface area contributed by atoms with Gasteiger partial charge < -0.3 is 14.0 Å². The maximum absolute atomic E-state index is 6.22. The number of benzene rings is 2. The molecule has 1 aliphatic rings. The topological polar surface area (TPSA) is 52.4 Å². The monoisotopic (exact) mass is 498 g/mol. The van der Waals surface area contributed by atoms with Crippen LogP contribution in [0.4, 0.5) is 0 Å². The third-order valence-electron chi connectivity index (χ3n) is 7.53. The minimum absolute atomic E-state index is 0.490. The quantitative estimate of drug-likeness (QED) is 0.244. The van der Waals surface area contributed by atoms with E-state index in [1.807, 2.05) is 37.3 Å². The lowest BCUT2D eigenvalue weighted by molar-refractivity contribution is 0.125. The van der Waals surface area contributed by atoms with E-state index in [-0.39, 0.29) is 0 Å². The van der Waals surface area contributed by atoms with E-state index in [1.54, 1.807) is 0 Å². The van der Waals surface area contributed by atoms with Crippen LogP contribution in [0.3, 0.4) is 0 Å². The number of hydrogen-bond donors (Lipinski definition) is 0. The summed E-state index contributed by atoms with van der Waals surface area (Å²) in [7, 11) is 0. The minimum Gasteiger partial charge on any atom is -0.437 e. The van der Waals surface area contributed by atoms with Crippen LogP contribution >= 0.6 is 0 Å². The van der Waals surface area contributed by atoms with E-state index in [9.17, 15) is 0 Å². The van der Waals surface area contributed by atoms with Crippen molar-refractivity contribution in [3.8, 4) is 11.6 Å². The SMILES string of the molecule is CCOCc1nc2c(Oc3ccccc3)nc(C)c(C)c2n1CCC1CCN(Cc2ccccc2)CC1. The summed E-state index contributed by atoms with van der Waals surface area (Å²) in [6.45, 7) is 11.7. The van der Waals surface area contributed by atoms with E-state index in [4.69, 9.17) is 19.4 Å². The molecule has 0 amide bonds. The highest BCUT2D eigenvalue weighted by Gasteiger charge is 2.23. The van der Waals surface area contributed by atoms with Gasteiger partial charge in [0.25, 0.3) is 0 Å². The van der Waals surface area contributed by atoms with Crippen molar-refractivity contribution in [1.82, 2.24) is 19.4 Å². The molecule has 6 heteroatoms. The molecule has 0 radical (unpaired) electrons. The third kappa shape index (κ3) is 6.03. The summed E-state index contributed by atoms with van der Waals surface area (Å²) < 4.78 is 14.4. The Morgan fingerprint density at radius 1 is 0.919 bits per heavy atom. The van der Waals surface area contributed by atoms with Crippen molar-refractivity contribution in [3.05, 3.63) is 83.3 Å². The van der Waals surface area contributed by atoms with Gasteiger partial charge >= 0.3 is 0 Å². The van der Waals surface area contributed by atoms with Gasteiger partial charge in [-0.25, -0.2) is 9.97 Å². The lowest BCUT2D eigenvalue weighted by atomic mass is 9.93. The van der Waals surface area contributed by atoms with Crippen molar-refractivity contribution in [2.24, 2.45) is 5.92 Å². The van der Waals surface area contributed by atoms with Crippen LogP contribution in [-0.4, -0.2) is 39.1 Å². The van der Waals surface area contributed by atoms with E-state index < -0.39 is 0 Å². The van der Waals surface area contributed by atoms with Crippen molar-refractivity contribution >= 4 is 11.0 Å². The molecule has 0 atom stereocenters. The summed E-state index contributed by atoms with van der Waals surface area (Å²) in [5.74, 6) is 3.00. The normalized spacial score (nSPS) is 14.9. The molecule has 6 nitrogen and oxygen atoms in total. The van der Waals surface area contributed by atoms with Crippen LogP contribution < -0.4 is 4.74 Å². The highest BCUT2D eigenvalue weighted by atomic mass is 16.5. The van der Waals surface area contributed by atoms with Crippen molar-refractivity contribution in [3.63, 3.8) is 0 Å². The van der Waals surface area contributed by atoms with Gasteiger partial charge in [0, 0.05) is 25.4 Å². The Morgan fingerprint density at radius 2 is 1.62 bits per heavy atom. The molecule has 0 bridgehead atoms. The zero-order valence-electron chi connectivity index (χ0n) is 22.3. The van der Waals surface area contributed by atoms with Crippen molar-refractivity contribution < 1.29 is 9.47 Å². The van der Waals surface area contributed by atoms with Crippen LogP contribution in [0.5, 0.6) is 11.6 Å². The Balaban J connectivity index is 1.34. The number of aromatic nitrogens is 3. The minimum atomic E-state index is 0.490. The largest absolute Gasteiger partial charge is 0.437 e. The highest BCUT2D eigenvalue weighted by molar-refractivity contribution is 5.85. The molecule has 2 aromatic carbocycles. The number of rotatable bonds is 10. The molecule has 1 aliphatic heterocycles.